The Hall–Kier alpha value is -1.75. The Morgan fingerprint density at radius 1 is 0.800 bits per heavy atom. The molecule has 11 heteroatoms. The fraction of sp³-hybridized carbons (Fsp3) is 0.429. The monoisotopic (exact) mass is 380 g/mol. The van der Waals surface area contributed by atoms with E-state index in [2.05, 4.69) is 0 Å². The van der Waals surface area contributed by atoms with Gasteiger partial charge >= 0.3 is 18.5 Å². The number of ether oxygens (including phenoxy) is 2. The van der Waals surface area contributed by atoms with Gasteiger partial charge in [0.1, 0.15) is 0 Å². The largest absolute Gasteiger partial charge is 0.417 e. The third kappa shape index (κ3) is 4.46. The van der Waals surface area contributed by atoms with Crippen molar-refractivity contribution in [1.82, 2.24) is 0 Å². The number of halogens is 9. The summed E-state index contributed by atoms with van der Waals surface area (Å²) in [6, 6.07) is -0.00663. The molecule has 0 N–H and O–H groups in total. The molecule has 0 aliphatic carbocycles. The van der Waals surface area contributed by atoms with Crippen molar-refractivity contribution in [2.24, 2.45) is 0 Å². The van der Waals surface area contributed by atoms with Crippen molar-refractivity contribution in [3.8, 4) is 0 Å². The Morgan fingerprint density at radius 3 is 1.56 bits per heavy atom. The highest BCUT2D eigenvalue weighted by molar-refractivity contribution is 5.56. The van der Waals surface area contributed by atoms with Crippen LogP contribution in [0.2, 0.25) is 0 Å². The zero-order valence-corrected chi connectivity index (χ0v) is 12.2. The fourth-order valence-electron chi connectivity index (χ4n) is 2.18. The zero-order chi connectivity index (χ0) is 19.2. The van der Waals surface area contributed by atoms with Crippen LogP contribution in [0.4, 0.5) is 39.5 Å². The van der Waals surface area contributed by atoms with E-state index in [1.54, 1.807) is 0 Å². The van der Waals surface area contributed by atoms with Crippen LogP contribution in [-0.2, 0) is 28.0 Å². The average Bonchev–Trinajstić information content (AvgIpc) is 2.38. The molecule has 1 aliphatic heterocycles. The Morgan fingerprint density at radius 2 is 1.24 bits per heavy atom. The summed E-state index contributed by atoms with van der Waals surface area (Å²) >= 11 is 0. The van der Waals surface area contributed by atoms with Gasteiger partial charge in [-0.25, -0.2) is 0 Å². The van der Waals surface area contributed by atoms with Crippen molar-refractivity contribution in [2.75, 3.05) is 0 Å². The first-order valence-electron chi connectivity index (χ1n) is 6.58. The van der Waals surface area contributed by atoms with Crippen LogP contribution in [0.5, 0.6) is 0 Å². The second-order valence-corrected chi connectivity index (χ2v) is 5.05. The molecule has 1 fully saturated rings. The lowest BCUT2D eigenvalue weighted by Gasteiger charge is -2.31. The molecule has 1 aromatic rings. The minimum absolute atomic E-state index is 0.00332. The van der Waals surface area contributed by atoms with E-state index in [9.17, 15) is 39.5 Å². The lowest BCUT2D eigenvalue weighted by atomic mass is 9.95. The minimum Gasteiger partial charge on any atom is -0.320 e. The Balaban J connectivity index is 2.60. The highest BCUT2D eigenvalue weighted by Gasteiger charge is 2.50. The van der Waals surface area contributed by atoms with Gasteiger partial charge in [0.25, 0.3) is 0 Å². The quantitative estimate of drug-likeness (QED) is 0.633. The molecule has 0 aromatic heterocycles. The van der Waals surface area contributed by atoms with Gasteiger partial charge in [-0.1, -0.05) is 6.08 Å². The Bertz CT molecular complexity index is 629. The van der Waals surface area contributed by atoms with Gasteiger partial charge in [-0.15, -0.1) is 0 Å². The van der Waals surface area contributed by atoms with Crippen molar-refractivity contribution in [3.63, 3.8) is 0 Å². The number of hydrogen-bond donors (Lipinski definition) is 0. The van der Waals surface area contributed by atoms with Gasteiger partial charge < -0.3 is 9.47 Å². The third-order valence-corrected chi connectivity index (χ3v) is 3.15. The van der Waals surface area contributed by atoms with Gasteiger partial charge in [0, 0.05) is 0 Å². The molecule has 25 heavy (non-hydrogen) atoms. The number of benzene rings is 1. The molecule has 0 amide bonds. The summed E-state index contributed by atoms with van der Waals surface area (Å²) in [5, 5.41) is 0. The maximum Gasteiger partial charge on any atom is 0.417 e. The molecular weight excluding hydrogens is 371 g/mol. The zero-order valence-electron chi connectivity index (χ0n) is 12.2. The molecule has 0 unspecified atom stereocenters. The average molecular weight is 380 g/mol. The normalized spacial score (nSPS) is 22.3. The second-order valence-electron chi connectivity index (χ2n) is 5.05. The lowest BCUT2D eigenvalue weighted by Crippen LogP contribution is -2.36. The van der Waals surface area contributed by atoms with Crippen molar-refractivity contribution < 1.29 is 49.0 Å². The molecule has 1 aromatic carbocycles. The van der Waals surface area contributed by atoms with Gasteiger partial charge in [-0.05, 0) is 30.7 Å². The summed E-state index contributed by atoms with van der Waals surface area (Å²) in [5.41, 5.74) is -8.33. The van der Waals surface area contributed by atoms with Crippen LogP contribution in [0.15, 0.2) is 18.2 Å². The molecular formula is C14H9F9O2. The van der Waals surface area contributed by atoms with E-state index in [-0.39, 0.29) is 12.1 Å². The van der Waals surface area contributed by atoms with E-state index in [0.717, 1.165) is 12.2 Å². The van der Waals surface area contributed by atoms with Gasteiger partial charge in [-0.2, -0.15) is 39.5 Å². The summed E-state index contributed by atoms with van der Waals surface area (Å²) in [6.07, 6.45) is -16.9. The first-order chi connectivity index (χ1) is 11.2. The first kappa shape index (κ1) is 19.6. The summed E-state index contributed by atoms with van der Waals surface area (Å²) in [5.74, 6) is 0. The van der Waals surface area contributed by atoms with Crippen LogP contribution in [0.3, 0.4) is 0 Å². The predicted molar refractivity (Wildman–Crippen MR) is 65.9 cm³/mol. The van der Waals surface area contributed by atoms with E-state index < -0.39 is 53.4 Å². The Kier molecular flexibility index (Phi) is 4.86. The molecule has 2 rings (SSSR count). The molecule has 0 radical (unpaired) electrons. The third-order valence-electron chi connectivity index (χ3n) is 3.15. The van der Waals surface area contributed by atoms with Crippen LogP contribution < -0.4 is 0 Å². The van der Waals surface area contributed by atoms with E-state index >= 15 is 0 Å². The topological polar surface area (TPSA) is 18.5 Å². The van der Waals surface area contributed by atoms with E-state index in [1.807, 2.05) is 0 Å². The molecule has 2 nitrogen and oxygen atoms in total. The molecule has 1 heterocycles. The first-order valence-corrected chi connectivity index (χ1v) is 6.58. The van der Waals surface area contributed by atoms with Crippen LogP contribution in [-0.4, -0.2) is 12.6 Å². The van der Waals surface area contributed by atoms with Gasteiger partial charge in [0.15, 0.2) is 12.6 Å². The van der Waals surface area contributed by atoms with Crippen molar-refractivity contribution >= 4 is 6.08 Å². The van der Waals surface area contributed by atoms with Crippen LogP contribution in [0, 0.1) is 0 Å². The summed E-state index contributed by atoms with van der Waals surface area (Å²) in [7, 11) is 0. The highest BCUT2D eigenvalue weighted by atomic mass is 19.4. The number of hydrogen-bond acceptors (Lipinski definition) is 2. The summed E-state index contributed by atoms with van der Waals surface area (Å²) in [4.78, 5) is 0. The van der Waals surface area contributed by atoms with Crippen LogP contribution in [0.25, 0.3) is 6.08 Å². The van der Waals surface area contributed by atoms with Gasteiger partial charge in [0.2, 0.25) is 0 Å². The van der Waals surface area contributed by atoms with Gasteiger partial charge in [0.05, 0.1) is 16.7 Å². The van der Waals surface area contributed by atoms with Crippen molar-refractivity contribution in [2.45, 2.75) is 38.0 Å². The van der Waals surface area contributed by atoms with Crippen LogP contribution in [0.1, 0.15) is 29.2 Å². The second kappa shape index (κ2) is 6.20. The number of alkyl halides is 9. The van der Waals surface area contributed by atoms with E-state index in [4.69, 9.17) is 9.47 Å². The van der Waals surface area contributed by atoms with Gasteiger partial charge in [-0.3, -0.25) is 0 Å². The lowest BCUT2D eigenvalue weighted by molar-refractivity contribution is -0.354. The maximum atomic E-state index is 12.9. The molecule has 1 saturated heterocycles. The summed E-state index contributed by atoms with van der Waals surface area (Å²) in [6.45, 7) is 1.49. The molecule has 0 bridgehead atoms. The van der Waals surface area contributed by atoms with Crippen LogP contribution >= 0.6 is 0 Å². The predicted octanol–water partition coefficient (Wildman–Crippen LogP) is 5.48. The molecule has 0 spiro atoms. The SMILES string of the molecule is CC1OC(/C=C/c2cc(C(F)(F)F)c(C(F)(F)F)c(C(F)(F)F)c2)O1. The van der Waals surface area contributed by atoms with E-state index in [1.165, 1.54) is 6.92 Å². The molecule has 0 atom stereocenters. The van der Waals surface area contributed by atoms with E-state index in [0.29, 0.717) is 0 Å². The highest BCUT2D eigenvalue weighted by Crippen LogP contribution is 2.47. The maximum absolute atomic E-state index is 12.9. The summed E-state index contributed by atoms with van der Waals surface area (Å²) < 4.78 is 126. The smallest absolute Gasteiger partial charge is 0.320 e. The number of rotatable bonds is 2. The fourth-order valence-corrected chi connectivity index (χ4v) is 2.18. The molecule has 140 valence electrons. The molecule has 0 saturated carbocycles. The van der Waals surface area contributed by atoms with Crippen molar-refractivity contribution in [3.05, 3.63) is 40.5 Å². The molecule has 1 aliphatic rings. The minimum atomic E-state index is -5.84. The van der Waals surface area contributed by atoms with Crippen molar-refractivity contribution in [1.29, 1.82) is 0 Å². The standard InChI is InChI=1S/C14H9F9O2/c1-6-24-10(25-6)3-2-7-4-8(12(15,16)17)11(14(21,22)23)9(5-7)13(18,19)20/h2-6,10H,1H3/b3-2+. The Labute approximate surface area is 134 Å².